The van der Waals surface area contributed by atoms with Gasteiger partial charge in [0.1, 0.15) is 0 Å². The van der Waals surface area contributed by atoms with Crippen molar-refractivity contribution in [3.05, 3.63) is 64.2 Å². The lowest BCUT2D eigenvalue weighted by atomic mass is 10.1. The second kappa shape index (κ2) is 6.78. The number of aryl methyl sites for hydroxylation is 1. The molecule has 1 N–H and O–H groups in total. The zero-order valence-electron chi connectivity index (χ0n) is 12.3. The molecule has 2 rings (SSSR count). The normalized spacial score (nSPS) is 10.6. The number of nitrogens with zero attached hydrogens (tertiary/aromatic N) is 1. The third-order valence-electron chi connectivity index (χ3n) is 3.44. The van der Waals surface area contributed by atoms with Crippen LogP contribution in [0, 0.1) is 6.92 Å². The Kier molecular flexibility index (Phi) is 5.05. The highest BCUT2D eigenvalue weighted by atomic mass is 35.5. The van der Waals surface area contributed by atoms with Crippen molar-refractivity contribution in [1.82, 2.24) is 5.32 Å². The van der Waals surface area contributed by atoms with Crippen LogP contribution in [0.5, 0.6) is 0 Å². The maximum Gasteiger partial charge on any atom is 0.0426 e. The van der Waals surface area contributed by atoms with Crippen LogP contribution in [0.2, 0.25) is 5.02 Å². The third-order valence-corrected chi connectivity index (χ3v) is 3.68. The summed E-state index contributed by atoms with van der Waals surface area (Å²) >= 11 is 6.03. The van der Waals surface area contributed by atoms with E-state index >= 15 is 0 Å². The monoisotopic (exact) mass is 288 g/mol. The van der Waals surface area contributed by atoms with E-state index in [-0.39, 0.29) is 0 Å². The first kappa shape index (κ1) is 14.9. The molecule has 0 bridgehead atoms. The second-order valence-electron chi connectivity index (χ2n) is 5.13. The van der Waals surface area contributed by atoms with Crippen molar-refractivity contribution >= 4 is 17.3 Å². The van der Waals surface area contributed by atoms with Gasteiger partial charge in [-0.25, -0.2) is 0 Å². The predicted molar refractivity (Wildman–Crippen MR) is 87.5 cm³/mol. The molecule has 0 aliphatic heterocycles. The molecular weight excluding hydrogens is 268 g/mol. The first-order valence-electron chi connectivity index (χ1n) is 6.80. The Bertz CT molecular complexity index is 581. The van der Waals surface area contributed by atoms with Crippen molar-refractivity contribution in [2.75, 3.05) is 19.0 Å². The molecule has 0 aliphatic rings. The summed E-state index contributed by atoms with van der Waals surface area (Å²) in [6.07, 6.45) is 0. The van der Waals surface area contributed by atoms with E-state index in [2.05, 4.69) is 48.5 Å². The minimum atomic E-state index is 0.788. The van der Waals surface area contributed by atoms with Gasteiger partial charge >= 0.3 is 0 Å². The Morgan fingerprint density at radius 3 is 2.60 bits per heavy atom. The Morgan fingerprint density at radius 2 is 1.95 bits per heavy atom. The van der Waals surface area contributed by atoms with Crippen molar-refractivity contribution in [3.63, 3.8) is 0 Å². The fourth-order valence-electron chi connectivity index (χ4n) is 2.31. The summed E-state index contributed by atoms with van der Waals surface area (Å²) in [5.41, 5.74) is 5.10. The van der Waals surface area contributed by atoms with Crippen LogP contribution in [0.25, 0.3) is 0 Å². The van der Waals surface area contributed by atoms with Gasteiger partial charge in [0.25, 0.3) is 0 Å². The molecule has 0 amide bonds. The summed E-state index contributed by atoms with van der Waals surface area (Å²) in [5, 5.41) is 3.98. The first-order chi connectivity index (χ1) is 9.60. The number of hydrogen-bond acceptors (Lipinski definition) is 2. The molecule has 106 valence electrons. The minimum absolute atomic E-state index is 0.788. The molecule has 20 heavy (non-hydrogen) atoms. The van der Waals surface area contributed by atoms with Crippen LogP contribution >= 0.6 is 11.6 Å². The van der Waals surface area contributed by atoms with Crippen LogP contribution in [0.1, 0.15) is 16.7 Å². The molecule has 0 aliphatic carbocycles. The van der Waals surface area contributed by atoms with Gasteiger partial charge in [-0.2, -0.15) is 0 Å². The average molecular weight is 289 g/mol. The Labute approximate surface area is 126 Å². The standard InChI is InChI=1S/C17H21ClN2/c1-13-9-17(8-7-15(13)11-19-2)20(3)12-14-5-4-6-16(18)10-14/h4-10,19H,11-12H2,1-3H3. The lowest BCUT2D eigenvalue weighted by Crippen LogP contribution is -2.17. The average Bonchev–Trinajstić information content (AvgIpc) is 2.41. The molecule has 0 unspecified atom stereocenters. The fraction of sp³-hybridized carbons (Fsp3) is 0.294. The first-order valence-corrected chi connectivity index (χ1v) is 7.17. The number of hydrogen-bond donors (Lipinski definition) is 1. The van der Waals surface area contributed by atoms with Crippen LogP contribution < -0.4 is 10.2 Å². The summed E-state index contributed by atoms with van der Waals surface area (Å²) in [6.45, 7) is 3.92. The van der Waals surface area contributed by atoms with Crippen molar-refractivity contribution < 1.29 is 0 Å². The molecule has 0 heterocycles. The van der Waals surface area contributed by atoms with Gasteiger partial charge in [0, 0.05) is 30.8 Å². The number of rotatable bonds is 5. The fourth-order valence-corrected chi connectivity index (χ4v) is 2.52. The molecule has 0 radical (unpaired) electrons. The Morgan fingerprint density at radius 1 is 1.15 bits per heavy atom. The Hall–Kier alpha value is -1.51. The number of anilines is 1. The van der Waals surface area contributed by atoms with E-state index in [1.807, 2.05) is 25.2 Å². The smallest absolute Gasteiger partial charge is 0.0426 e. The van der Waals surface area contributed by atoms with Crippen LogP contribution in [-0.4, -0.2) is 14.1 Å². The van der Waals surface area contributed by atoms with Crippen molar-refractivity contribution in [3.8, 4) is 0 Å². The van der Waals surface area contributed by atoms with E-state index in [4.69, 9.17) is 11.6 Å². The molecule has 2 aromatic rings. The highest BCUT2D eigenvalue weighted by Crippen LogP contribution is 2.21. The van der Waals surface area contributed by atoms with Crippen LogP contribution in [-0.2, 0) is 13.1 Å². The SMILES string of the molecule is CNCc1ccc(N(C)Cc2cccc(Cl)c2)cc1C. The second-order valence-corrected chi connectivity index (χ2v) is 5.56. The van der Waals surface area contributed by atoms with Crippen molar-refractivity contribution in [1.29, 1.82) is 0 Å². The predicted octanol–water partition coefficient (Wildman–Crippen LogP) is 4.00. The summed E-state index contributed by atoms with van der Waals surface area (Å²) < 4.78 is 0. The molecule has 0 fully saturated rings. The summed E-state index contributed by atoms with van der Waals surface area (Å²) in [7, 11) is 4.08. The molecule has 2 aromatic carbocycles. The molecule has 0 saturated carbocycles. The zero-order chi connectivity index (χ0) is 14.5. The molecular formula is C17H21ClN2. The third kappa shape index (κ3) is 3.75. The van der Waals surface area contributed by atoms with Gasteiger partial charge in [-0.1, -0.05) is 29.8 Å². The maximum absolute atomic E-state index is 6.03. The number of nitrogens with one attached hydrogen (secondary N) is 1. The molecule has 3 heteroatoms. The molecule has 0 spiro atoms. The van der Waals surface area contributed by atoms with Crippen LogP contribution in [0.4, 0.5) is 5.69 Å². The largest absolute Gasteiger partial charge is 0.370 e. The topological polar surface area (TPSA) is 15.3 Å². The van der Waals surface area contributed by atoms with E-state index in [9.17, 15) is 0 Å². The Balaban J connectivity index is 2.13. The summed E-state index contributed by atoms with van der Waals surface area (Å²) in [5.74, 6) is 0. The quantitative estimate of drug-likeness (QED) is 0.894. The summed E-state index contributed by atoms with van der Waals surface area (Å²) in [4.78, 5) is 2.24. The van der Waals surface area contributed by atoms with Gasteiger partial charge in [0.2, 0.25) is 0 Å². The van der Waals surface area contributed by atoms with E-state index in [1.165, 1.54) is 22.4 Å². The maximum atomic E-state index is 6.03. The van der Waals surface area contributed by atoms with Gasteiger partial charge in [-0.05, 0) is 54.9 Å². The van der Waals surface area contributed by atoms with E-state index in [0.717, 1.165) is 18.1 Å². The van der Waals surface area contributed by atoms with Crippen molar-refractivity contribution in [2.24, 2.45) is 0 Å². The van der Waals surface area contributed by atoms with Gasteiger partial charge in [0.15, 0.2) is 0 Å². The van der Waals surface area contributed by atoms with E-state index < -0.39 is 0 Å². The highest BCUT2D eigenvalue weighted by molar-refractivity contribution is 6.30. The van der Waals surface area contributed by atoms with Crippen molar-refractivity contribution in [2.45, 2.75) is 20.0 Å². The molecule has 2 nitrogen and oxygen atoms in total. The van der Waals surface area contributed by atoms with Gasteiger partial charge in [-0.3, -0.25) is 0 Å². The number of benzene rings is 2. The van der Waals surface area contributed by atoms with E-state index in [0.29, 0.717) is 0 Å². The summed E-state index contributed by atoms with van der Waals surface area (Å²) in [6, 6.07) is 14.6. The van der Waals surface area contributed by atoms with Gasteiger partial charge < -0.3 is 10.2 Å². The minimum Gasteiger partial charge on any atom is -0.370 e. The van der Waals surface area contributed by atoms with Crippen LogP contribution in [0.15, 0.2) is 42.5 Å². The van der Waals surface area contributed by atoms with E-state index in [1.54, 1.807) is 0 Å². The van der Waals surface area contributed by atoms with Gasteiger partial charge in [0.05, 0.1) is 0 Å². The number of halogens is 1. The lowest BCUT2D eigenvalue weighted by Gasteiger charge is -2.21. The molecule has 0 aromatic heterocycles. The molecule has 0 atom stereocenters. The molecule has 0 saturated heterocycles. The zero-order valence-corrected chi connectivity index (χ0v) is 13.0. The highest BCUT2D eigenvalue weighted by Gasteiger charge is 2.05. The van der Waals surface area contributed by atoms with Crippen LogP contribution in [0.3, 0.4) is 0 Å². The van der Waals surface area contributed by atoms with Gasteiger partial charge in [-0.15, -0.1) is 0 Å². The lowest BCUT2D eigenvalue weighted by molar-refractivity contribution is 0.811.